The monoisotopic (exact) mass is 409 g/mol. The van der Waals surface area contributed by atoms with Crippen molar-refractivity contribution in [3.63, 3.8) is 0 Å². The van der Waals surface area contributed by atoms with Crippen LogP contribution in [-0.4, -0.2) is 32.1 Å². The van der Waals surface area contributed by atoms with Crippen LogP contribution in [0.1, 0.15) is 32.7 Å². The molecule has 0 fully saturated rings. The topological polar surface area (TPSA) is 81.7 Å². The van der Waals surface area contributed by atoms with Crippen molar-refractivity contribution < 1.29 is 23.9 Å². The van der Waals surface area contributed by atoms with Crippen molar-refractivity contribution in [1.82, 2.24) is 0 Å². The highest BCUT2D eigenvalue weighted by Crippen LogP contribution is 2.26. The molecular formula is C19H17Cl2NO5. The fourth-order valence-electron chi connectivity index (χ4n) is 2.40. The Balaban J connectivity index is 2.19. The number of carbonyl (C=O) groups is 3. The first-order valence-electron chi connectivity index (χ1n) is 7.90. The van der Waals surface area contributed by atoms with Crippen LogP contribution in [0.3, 0.4) is 0 Å². The third kappa shape index (κ3) is 5.21. The predicted octanol–water partition coefficient (Wildman–Crippen LogP) is 4.14. The average molecular weight is 410 g/mol. The van der Waals surface area contributed by atoms with Gasteiger partial charge in [-0.15, -0.1) is 0 Å². The van der Waals surface area contributed by atoms with Gasteiger partial charge >= 0.3 is 11.9 Å². The molecular weight excluding hydrogens is 393 g/mol. The zero-order valence-corrected chi connectivity index (χ0v) is 16.2. The molecule has 0 aliphatic rings. The van der Waals surface area contributed by atoms with Crippen LogP contribution in [0.15, 0.2) is 36.4 Å². The van der Waals surface area contributed by atoms with E-state index in [1.54, 1.807) is 18.2 Å². The van der Waals surface area contributed by atoms with Gasteiger partial charge in [0.05, 0.1) is 31.0 Å². The van der Waals surface area contributed by atoms with Gasteiger partial charge in [-0.2, -0.15) is 0 Å². The van der Waals surface area contributed by atoms with E-state index in [0.29, 0.717) is 22.0 Å². The molecule has 1 N–H and O–H groups in total. The molecule has 2 rings (SSSR count). The first-order valence-corrected chi connectivity index (χ1v) is 8.66. The van der Waals surface area contributed by atoms with E-state index in [9.17, 15) is 14.4 Å². The normalized spacial score (nSPS) is 10.2. The summed E-state index contributed by atoms with van der Waals surface area (Å²) in [6.45, 7) is 0. The molecule has 6 nitrogen and oxygen atoms in total. The van der Waals surface area contributed by atoms with Gasteiger partial charge in [0.1, 0.15) is 0 Å². The molecule has 2 aromatic rings. The number of methoxy groups -OCH3 is 2. The van der Waals surface area contributed by atoms with Gasteiger partial charge < -0.3 is 14.8 Å². The number of halogens is 2. The number of rotatable bonds is 6. The standard InChI is InChI=1S/C19H17Cl2NO5/c1-26-18(24)11-6-7-13(19(25)27-2)16(10-11)22-17(23)9-8-12-14(20)4-3-5-15(12)21/h3-7,10H,8-9H2,1-2H3,(H,22,23). The molecule has 0 aliphatic carbocycles. The molecule has 0 atom stereocenters. The summed E-state index contributed by atoms with van der Waals surface area (Å²) in [5.74, 6) is -1.61. The molecule has 142 valence electrons. The molecule has 0 unspecified atom stereocenters. The molecule has 0 heterocycles. The number of hydrogen-bond acceptors (Lipinski definition) is 5. The van der Waals surface area contributed by atoms with Crippen molar-refractivity contribution in [1.29, 1.82) is 0 Å². The van der Waals surface area contributed by atoms with Crippen molar-refractivity contribution in [2.45, 2.75) is 12.8 Å². The first kappa shape index (κ1) is 20.7. The van der Waals surface area contributed by atoms with Crippen LogP contribution < -0.4 is 5.32 Å². The largest absolute Gasteiger partial charge is 0.465 e. The highest BCUT2D eigenvalue weighted by Gasteiger charge is 2.18. The second kappa shape index (κ2) is 9.39. The molecule has 0 aromatic heterocycles. The molecule has 27 heavy (non-hydrogen) atoms. The van der Waals surface area contributed by atoms with Gasteiger partial charge in [0, 0.05) is 16.5 Å². The maximum atomic E-state index is 12.4. The van der Waals surface area contributed by atoms with E-state index in [2.05, 4.69) is 10.1 Å². The Hall–Kier alpha value is -2.57. The van der Waals surface area contributed by atoms with E-state index in [0.717, 1.165) is 0 Å². The van der Waals surface area contributed by atoms with E-state index >= 15 is 0 Å². The van der Waals surface area contributed by atoms with Crippen LogP contribution >= 0.6 is 23.2 Å². The van der Waals surface area contributed by atoms with Crippen LogP contribution in [0, 0.1) is 0 Å². The Kier molecular flexibility index (Phi) is 7.21. The van der Waals surface area contributed by atoms with Gasteiger partial charge in [-0.1, -0.05) is 29.3 Å². The summed E-state index contributed by atoms with van der Waals surface area (Å²) in [6.07, 6.45) is 0.390. The van der Waals surface area contributed by atoms with Crippen LogP contribution in [0.5, 0.6) is 0 Å². The summed E-state index contributed by atoms with van der Waals surface area (Å²) < 4.78 is 9.36. The van der Waals surface area contributed by atoms with Crippen molar-refractivity contribution in [3.05, 3.63) is 63.1 Å². The number of benzene rings is 2. The summed E-state index contributed by atoms with van der Waals surface area (Å²) in [4.78, 5) is 36.0. The Morgan fingerprint density at radius 1 is 0.963 bits per heavy atom. The van der Waals surface area contributed by atoms with Crippen LogP contribution in [0.4, 0.5) is 5.69 Å². The third-order valence-corrected chi connectivity index (χ3v) is 4.49. The summed E-state index contributed by atoms with van der Waals surface area (Å²) in [6, 6.07) is 9.26. The van der Waals surface area contributed by atoms with E-state index in [1.165, 1.54) is 32.4 Å². The lowest BCUT2D eigenvalue weighted by molar-refractivity contribution is -0.116. The van der Waals surface area contributed by atoms with Crippen molar-refractivity contribution in [2.24, 2.45) is 0 Å². The second-order valence-electron chi connectivity index (χ2n) is 5.49. The lowest BCUT2D eigenvalue weighted by Gasteiger charge is -2.12. The highest BCUT2D eigenvalue weighted by molar-refractivity contribution is 6.36. The molecule has 8 heteroatoms. The molecule has 0 saturated heterocycles. The zero-order chi connectivity index (χ0) is 20.0. The van der Waals surface area contributed by atoms with Gasteiger partial charge in [0.25, 0.3) is 0 Å². The van der Waals surface area contributed by atoms with E-state index in [4.69, 9.17) is 27.9 Å². The van der Waals surface area contributed by atoms with Gasteiger partial charge in [-0.3, -0.25) is 4.79 Å². The number of hydrogen-bond donors (Lipinski definition) is 1. The summed E-state index contributed by atoms with van der Waals surface area (Å²) in [5.41, 5.74) is 1.12. The highest BCUT2D eigenvalue weighted by atomic mass is 35.5. The molecule has 1 amide bonds. The summed E-state index contributed by atoms with van der Waals surface area (Å²) in [7, 11) is 2.46. The molecule has 2 aromatic carbocycles. The quantitative estimate of drug-likeness (QED) is 0.724. The predicted molar refractivity (Wildman–Crippen MR) is 103 cm³/mol. The SMILES string of the molecule is COC(=O)c1ccc(C(=O)OC)c(NC(=O)CCc2c(Cl)cccc2Cl)c1. The molecule has 0 radical (unpaired) electrons. The van der Waals surface area contributed by atoms with Gasteiger partial charge in [-0.25, -0.2) is 9.59 Å². The maximum absolute atomic E-state index is 12.4. The fourth-order valence-corrected chi connectivity index (χ4v) is 2.99. The Labute approximate surface area is 166 Å². The lowest BCUT2D eigenvalue weighted by Crippen LogP contribution is -2.17. The molecule has 0 aliphatic heterocycles. The van der Waals surface area contributed by atoms with E-state index in [1.807, 2.05) is 0 Å². The van der Waals surface area contributed by atoms with Gasteiger partial charge in [0.15, 0.2) is 0 Å². The number of amides is 1. The lowest BCUT2D eigenvalue weighted by atomic mass is 10.1. The van der Waals surface area contributed by atoms with E-state index < -0.39 is 11.9 Å². The van der Waals surface area contributed by atoms with Crippen molar-refractivity contribution >= 4 is 46.7 Å². The van der Waals surface area contributed by atoms with Crippen molar-refractivity contribution in [3.8, 4) is 0 Å². The Bertz CT molecular complexity index is 862. The second-order valence-corrected chi connectivity index (χ2v) is 6.31. The number of ether oxygens (including phenoxy) is 2. The zero-order valence-electron chi connectivity index (χ0n) is 14.7. The van der Waals surface area contributed by atoms with Gasteiger partial charge in [0.2, 0.25) is 5.91 Å². The summed E-state index contributed by atoms with van der Waals surface area (Å²) in [5, 5.41) is 3.56. The number of esters is 2. The molecule has 0 spiro atoms. The Morgan fingerprint density at radius 3 is 2.19 bits per heavy atom. The van der Waals surface area contributed by atoms with Crippen LogP contribution in [0.2, 0.25) is 10.0 Å². The van der Waals surface area contributed by atoms with Crippen LogP contribution in [0.25, 0.3) is 0 Å². The van der Waals surface area contributed by atoms with E-state index in [-0.39, 0.29) is 29.1 Å². The van der Waals surface area contributed by atoms with Crippen LogP contribution in [-0.2, 0) is 20.7 Å². The third-order valence-electron chi connectivity index (χ3n) is 3.78. The number of anilines is 1. The minimum absolute atomic E-state index is 0.0759. The Morgan fingerprint density at radius 2 is 1.59 bits per heavy atom. The summed E-state index contributed by atoms with van der Waals surface area (Å²) >= 11 is 12.2. The van der Waals surface area contributed by atoms with Crippen molar-refractivity contribution in [2.75, 3.05) is 19.5 Å². The maximum Gasteiger partial charge on any atom is 0.339 e. The minimum atomic E-state index is -0.643. The fraction of sp³-hybridized carbons (Fsp3) is 0.211. The smallest absolute Gasteiger partial charge is 0.339 e. The first-order chi connectivity index (χ1) is 12.9. The number of carbonyl (C=O) groups excluding carboxylic acids is 3. The average Bonchev–Trinajstić information content (AvgIpc) is 2.66. The minimum Gasteiger partial charge on any atom is -0.465 e. The number of nitrogens with one attached hydrogen (secondary N) is 1. The van der Waals surface area contributed by atoms with Gasteiger partial charge in [-0.05, 0) is 42.3 Å². The molecule has 0 bridgehead atoms. The molecule has 0 saturated carbocycles.